The van der Waals surface area contributed by atoms with Crippen LogP contribution in [0.2, 0.25) is 0 Å². The molecule has 1 aromatic carbocycles. The van der Waals surface area contributed by atoms with Crippen molar-refractivity contribution >= 4 is 5.82 Å². The number of para-hydroxylation sites is 1. The van der Waals surface area contributed by atoms with Crippen LogP contribution in [0.3, 0.4) is 0 Å². The van der Waals surface area contributed by atoms with Crippen molar-refractivity contribution in [2.75, 3.05) is 32.1 Å². The number of aliphatic hydroxyl groups is 1. The first-order valence-corrected chi connectivity index (χ1v) is 7.55. The first kappa shape index (κ1) is 14.9. The summed E-state index contributed by atoms with van der Waals surface area (Å²) in [6.07, 6.45) is 1.23. The Labute approximate surface area is 130 Å². The zero-order chi connectivity index (χ0) is 15.4. The van der Waals surface area contributed by atoms with Gasteiger partial charge in [-0.3, -0.25) is 0 Å². The van der Waals surface area contributed by atoms with E-state index in [1.54, 1.807) is 7.11 Å². The Kier molecular flexibility index (Phi) is 4.60. The summed E-state index contributed by atoms with van der Waals surface area (Å²) in [5.41, 5.74) is 0.814. The van der Waals surface area contributed by atoms with Crippen molar-refractivity contribution in [3.8, 4) is 5.75 Å². The standard InChI is InChI=1S/C16H22N4O2/c1-22-15-5-3-2-4-13(15)14(21)10-17-8-12-9-18-16-6-7-19-20(16)11-12/h2-7,12,14,17-18,21H,8-11H2,1H3/t12-,14+/m1/s1. The maximum atomic E-state index is 10.3. The highest BCUT2D eigenvalue weighted by molar-refractivity contribution is 5.36. The second kappa shape index (κ2) is 6.81. The summed E-state index contributed by atoms with van der Waals surface area (Å²) in [7, 11) is 1.62. The highest BCUT2D eigenvalue weighted by atomic mass is 16.5. The maximum Gasteiger partial charge on any atom is 0.124 e. The number of nitrogens with zero attached hydrogens (tertiary/aromatic N) is 2. The van der Waals surface area contributed by atoms with Gasteiger partial charge in [0, 0.05) is 43.7 Å². The lowest BCUT2D eigenvalue weighted by Gasteiger charge is -2.25. The number of hydrogen-bond acceptors (Lipinski definition) is 5. The third-order valence-electron chi connectivity index (χ3n) is 3.99. The van der Waals surface area contributed by atoms with Gasteiger partial charge in [0.25, 0.3) is 0 Å². The molecular formula is C16H22N4O2. The monoisotopic (exact) mass is 302 g/mol. The van der Waals surface area contributed by atoms with Crippen molar-refractivity contribution in [3.05, 3.63) is 42.1 Å². The van der Waals surface area contributed by atoms with E-state index in [1.807, 2.05) is 41.2 Å². The molecule has 6 heteroatoms. The molecule has 3 rings (SSSR count). The molecule has 0 saturated heterocycles. The van der Waals surface area contributed by atoms with E-state index in [-0.39, 0.29) is 0 Å². The van der Waals surface area contributed by atoms with Crippen LogP contribution in [0.4, 0.5) is 5.82 Å². The van der Waals surface area contributed by atoms with Crippen LogP contribution in [-0.2, 0) is 6.54 Å². The van der Waals surface area contributed by atoms with Crippen LogP contribution >= 0.6 is 0 Å². The molecule has 0 amide bonds. The number of anilines is 1. The van der Waals surface area contributed by atoms with E-state index in [9.17, 15) is 5.11 Å². The quantitative estimate of drug-likeness (QED) is 0.749. The van der Waals surface area contributed by atoms with Crippen LogP contribution in [0.5, 0.6) is 5.75 Å². The molecule has 1 aromatic heterocycles. The Morgan fingerprint density at radius 1 is 1.45 bits per heavy atom. The van der Waals surface area contributed by atoms with E-state index in [1.165, 1.54) is 0 Å². The van der Waals surface area contributed by atoms with Gasteiger partial charge in [-0.05, 0) is 6.07 Å². The minimum atomic E-state index is -0.576. The van der Waals surface area contributed by atoms with Crippen molar-refractivity contribution in [2.45, 2.75) is 12.6 Å². The summed E-state index contributed by atoms with van der Waals surface area (Å²) in [5, 5.41) is 21.3. The number of rotatable bonds is 6. The largest absolute Gasteiger partial charge is 0.496 e. The van der Waals surface area contributed by atoms with Crippen LogP contribution in [0.25, 0.3) is 0 Å². The Morgan fingerprint density at radius 3 is 3.18 bits per heavy atom. The van der Waals surface area contributed by atoms with Crippen molar-refractivity contribution in [3.63, 3.8) is 0 Å². The van der Waals surface area contributed by atoms with E-state index < -0.39 is 6.10 Å². The first-order chi connectivity index (χ1) is 10.8. The third-order valence-corrected chi connectivity index (χ3v) is 3.99. The summed E-state index contributed by atoms with van der Waals surface area (Å²) < 4.78 is 7.26. The molecule has 0 spiro atoms. The molecule has 0 aliphatic carbocycles. The zero-order valence-electron chi connectivity index (χ0n) is 12.7. The van der Waals surface area contributed by atoms with E-state index in [0.29, 0.717) is 12.5 Å². The summed E-state index contributed by atoms with van der Waals surface area (Å²) in [5.74, 6) is 2.25. The van der Waals surface area contributed by atoms with Gasteiger partial charge in [0.2, 0.25) is 0 Å². The number of methoxy groups -OCH3 is 1. The molecule has 2 heterocycles. The SMILES string of the molecule is COc1ccccc1[C@@H](O)CNC[C@@H]1CNc2ccnn2C1. The maximum absolute atomic E-state index is 10.3. The Morgan fingerprint density at radius 2 is 2.32 bits per heavy atom. The second-order valence-electron chi connectivity index (χ2n) is 5.56. The molecule has 118 valence electrons. The lowest BCUT2D eigenvalue weighted by Crippen LogP contribution is -2.36. The summed E-state index contributed by atoms with van der Waals surface area (Å²) >= 11 is 0. The van der Waals surface area contributed by atoms with Crippen LogP contribution in [0.15, 0.2) is 36.5 Å². The predicted octanol–water partition coefficient (Wildman–Crippen LogP) is 1.26. The molecule has 0 fully saturated rings. The van der Waals surface area contributed by atoms with Gasteiger partial charge in [-0.25, -0.2) is 4.68 Å². The van der Waals surface area contributed by atoms with Gasteiger partial charge >= 0.3 is 0 Å². The van der Waals surface area contributed by atoms with Gasteiger partial charge in [0.05, 0.1) is 19.4 Å². The smallest absolute Gasteiger partial charge is 0.124 e. The Hall–Kier alpha value is -2.05. The van der Waals surface area contributed by atoms with E-state index in [2.05, 4.69) is 15.7 Å². The van der Waals surface area contributed by atoms with Gasteiger partial charge in [-0.1, -0.05) is 18.2 Å². The topological polar surface area (TPSA) is 71.3 Å². The number of benzene rings is 1. The van der Waals surface area contributed by atoms with Gasteiger partial charge in [0.15, 0.2) is 0 Å². The van der Waals surface area contributed by atoms with Crippen molar-refractivity contribution in [1.29, 1.82) is 0 Å². The average molecular weight is 302 g/mol. The van der Waals surface area contributed by atoms with Crippen molar-refractivity contribution in [2.24, 2.45) is 5.92 Å². The van der Waals surface area contributed by atoms with Crippen LogP contribution < -0.4 is 15.4 Å². The molecular weight excluding hydrogens is 280 g/mol. The third kappa shape index (κ3) is 3.23. The highest BCUT2D eigenvalue weighted by Crippen LogP contribution is 2.24. The van der Waals surface area contributed by atoms with Crippen LogP contribution in [-0.4, -0.2) is 41.6 Å². The number of aromatic nitrogens is 2. The molecule has 2 atom stereocenters. The first-order valence-electron chi connectivity index (χ1n) is 7.55. The van der Waals surface area contributed by atoms with E-state index in [0.717, 1.165) is 36.8 Å². The number of nitrogens with one attached hydrogen (secondary N) is 2. The molecule has 3 N–H and O–H groups in total. The molecule has 6 nitrogen and oxygen atoms in total. The second-order valence-corrected chi connectivity index (χ2v) is 5.56. The number of ether oxygens (including phenoxy) is 1. The summed E-state index contributed by atoms with van der Waals surface area (Å²) in [4.78, 5) is 0. The van der Waals surface area contributed by atoms with Gasteiger partial charge < -0.3 is 20.5 Å². The van der Waals surface area contributed by atoms with Gasteiger partial charge in [-0.2, -0.15) is 5.10 Å². The number of fused-ring (bicyclic) bond motifs is 1. The fraction of sp³-hybridized carbons (Fsp3) is 0.438. The molecule has 1 aliphatic rings. The normalized spacial score (nSPS) is 18.4. The van der Waals surface area contributed by atoms with Crippen molar-refractivity contribution < 1.29 is 9.84 Å². The van der Waals surface area contributed by atoms with Crippen molar-refractivity contribution in [1.82, 2.24) is 15.1 Å². The van der Waals surface area contributed by atoms with Gasteiger partial charge in [0.1, 0.15) is 11.6 Å². The zero-order valence-corrected chi connectivity index (χ0v) is 12.7. The van der Waals surface area contributed by atoms with Gasteiger partial charge in [-0.15, -0.1) is 0 Å². The lowest BCUT2D eigenvalue weighted by molar-refractivity contribution is 0.168. The highest BCUT2D eigenvalue weighted by Gasteiger charge is 2.19. The fourth-order valence-electron chi connectivity index (χ4n) is 2.80. The van der Waals surface area contributed by atoms with E-state index in [4.69, 9.17) is 4.74 Å². The fourth-order valence-corrected chi connectivity index (χ4v) is 2.80. The molecule has 22 heavy (non-hydrogen) atoms. The minimum Gasteiger partial charge on any atom is -0.496 e. The Balaban J connectivity index is 1.49. The molecule has 0 bridgehead atoms. The summed E-state index contributed by atoms with van der Waals surface area (Å²) in [6.45, 7) is 3.15. The molecule has 2 aromatic rings. The summed E-state index contributed by atoms with van der Waals surface area (Å²) in [6, 6.07) is 9.55. The van der Waals surface area contributed by atoms with E-state index >= 15 is 0 Å². The average Bonchev–Trinajstić information content (AvgIpc) is 3.02. The molecule has 0 radical (unpaired) electrons. The molecule has 0 saturated carbocycles. The minimum absolute atomic E-state index is 0.456. The van der Waals surface area contributed by atoms with Crippen LogP contribution in [0, 0.1) is 5.92 Å². The Bertz CT molecular complexity index is 614. The number of aliphatic hydroxyl groups excluding tert-OH is 1. The number of hydrogen-bond donors (Lipinski definition) is 3. The molecule has 1 aliphatic heterocycles. The van der Waals surface area contributed by atoms with Crippen LogP contribution in [0.1, 0.15) is 11.7 Å². The predicted molar refractivity (Wildman–Crippen MR) is 85.0 cm³/mol. The molecule has 0 unspecified atom stereocenters. The lowest BCUT2D eigenvalue weighted by atomic mass is 10.1.